The van der Waals surface area contributed by atoms with Crippen LogP contribution in [0, 0.1) is 13.8 Å². The number of aryl methyl sites for hydroxylation is 2. The lowest BCUT2D eigenvalue weighted by Crippen LogP contribution is -3.00. The first-order valence-corrected chi connectivity index (χ1v) is 7.34. The summed E-state index contributed by atoms with van der Waals surface area (Å²) in [6, 6.07) is 23.5. The van der Waals surface area contributed by atoms with Crippen LogP contribution in [-0.4, -0.2) is 0 Å². The van der Waals surface area contributed by atoms with Crippen molar-refractivity contribution in [2.45, 2.75) is 20.4 Å². The van der Waals surface area contributed by atoms with Gasteiger partial charge in [-0.15, -0.1) is 0 Å². The molecule has 0 fully saturated rings. The molecule has 112 valence electrons. The van der Waals surface area contributed by atoms with Crippen molar-refractivity contribution in [1.82, 2.24) is 0 Å². The zero-order valence-corrected chi connectivity index (χ0v) is 14.5. The van der Waals surface area contributed by atoms with Crippen molar-refractivity contribution in [2.24, 2.45) is 0 Å². The van der Waals surface area contributed by atoms with E-state index in [2.05, 4.69) is 91.3 Å². The predicted molar refractivity (Wildman–Crippen MR) is 87.1 cm³/mol. The van der Waals surface area contributed by atoms with Crippen molar-refractivity contribution in [3.05, 3.63) is 89.6 Å². The van der Waals surface area contributed by atoms with Crippen molar-refractivity contribution >= 4 is 0 Å². The summed E-state index contributed by atoms with van der Waals surface area (Å²) in [6.45, 7) is 5.25. The van der Waals surface area contributed by atoms with E-state index in [0.717, 1.165) is 6.54 Å². The summed E-state index contributed by atoms with van der Waals surface area (Å²) in [6.07, 6.45) is 2.17. The van der Waals surface area contributed by atoms with E-state index in [1.165, 1.54) is 27.9 Å². The standard InChI is InChI=1S/C20H20N.BrH/c1-16-9-6-7-13-19(16)20-17(2)10-8-14-21(20)15-18-11-4-3-5-12-18;/h3-14H,15H2,1-2H3;1H/q+1;/p-1. The molecule has 3 aromatic rings. The second kappa shape index (κ2) is 7.37. The molecule has 0 N–H and O–H groups in total. The third-order valence-electron chi connectivity index (χ3n) is 3.87. The number of rotatable bonds is 3. The van der Waals surface area contributed by atoms with Gasteiger partial charge in [-0.25, -0.2) is 0 Å². The van der Waals surface area contributed by atoms with E-state index < -0.39 is 0 Å². The van der Waals surface area contributed by atoms with Crippen LogP contribution in [0.3, 0.4) is 0 Å². The molecule has 1 heterocycles. The molecule has 0 saturated carbocycles. The van der Waals surface area contributed by atoms with Crippen LogP contribution in [0.5, 0.6) is 0 Å². The first-order valence-electron chi connectivity index (χ1n) is 7.34. The third kappa shape index (κ3) is 3.45. The Bertz CT molecular complexity index is 751. The average Bonchev–Trinajstić information content (AvgIpc) is 2.50. The zero-order valence-electron chi connectivity index (χ0n) is 13.0. The highest BCUT2D eigenvalue weighted by Crippen LogP contribution is 2.23. The number of halogens is 1. The predicted octanol–water partition coefficient (Wildman–Crippen LogP) is 1.31. The fourth-order valence-electron chi connectivity index (χ4n) is 2.79. The Hall–Kier alpha value is -1.93. The molecule has 0 bridgehead atoms. The van der Waals surface area contributed by atoms with Gasteiger partial charge in [-0.2, -0.15) is 4.57 Å². The molecule has 2 heteroatoms. The van der Waals surface area contributed by atoms with E-state index in [1.54, 1.807) is 0 Å². The minimum Gasteiger partial charge on any atom is -1.00 e. The minimum absolute atomic E-state index is 0. The van der Waals surface area contributed by atoms with Gasteiger partial charge < -0.3 is 17.0 Å². The number of pyridine rings is 1. The van der Waals surface area contributed by atoms with Crippen LogP contribution in [0.25, 0.3) is 11.3 Å². The Kier molecular flexibility index (Phi) is 5.51. The summed E-state index contributed by atoms with van der Waals surface area (Å²) in [5.41, 5.74) is 6.56. The van der Waals surface area contributed by atoms with Crippen LogP contribution in [0.4, 0.5) is 0 Å². The zero-order chi connectivity index (χ0) is 14.7. The summed E-state index contributed by atoms with van der Waals surface area (Å²) < 4.78 is 2.34. The van der Waals surface area contributed by atoms with Crippen LogP contribution >= 0.6 is 0 Å². The van der Waals surface area contributed by atoms with Gasteiger partial charge in [-0.1, -0.05) is 48.5 Å². The van der Waals surface area contributed by atoms with Crippen molar-refractivity contribution in [3.8, 4) is 11.3 Å². The second-order valence-electron chi connectivity index (χ2n) is 5.47. The molecular weight excluding hydrogens is 334 g/mol. The molecule has 0 aliphatic carbocycles. The summed E-state index contributed by atoms with van der Waals surface area (Å²) >= 11 is 0. The number of aromatic nitrogens is 1. The normalized spacial score (nSPS) is 10.1. The van der Waals surface area contributed by atoms with Crippen molar-refractivity contribution in [2.75, 3.05) is 0 Å². The molecule has 0 unspecified atom stereocenters. The highest BCUT2D eigenvalue weighted by atomic mass is 79.9. The number of benzene rings is 2. The molecule has 1 nitrogen and oxygen atoms in total. The SMILES string of the molecule is Cc1ccccc1-c1c(C)ccc[n+]1Cc1ccccc1.[Br-]. The molecular formula is C20H20BrN. The van der Waals surface area contributed by atoms with Gasteiger partial charge in [0.05, 0.1) is 0 Å². The van der Waals surface area contributed by atoms with E-state index >= 15 is 0 Å². The van der Waals surface area contributed by atoms with Crippen molar-refractivity contribution < 1.29 is 21.5 Å². The van der Waals surface area contributed by atoms with Gasteiger partial charge in [-0.3, -0.25) is 0 Å². The molecule has 3 rings (SSSR count). The number of nitrogens with zero attached hydrogens (tertiary/aromatic N) is 1. The molecule has 0 saturated heterocycles. The summed E-state index contributed by atoms with van der Waals surface area (Å²) in [5.74, 6) is 0. The van der Waals surface area contributed by atoms with Gasteiger partial charge in [0.2, 0.25) is 5.69 Å². The van der Waals surface area contributed by atoms with Gasteiger partial charge in [0.25, 0.3) is 0 Å². The van der Waals surface area contributed by atoms with Crippen LogP contribution in [0.15, 0.2) is 72.9 Å². The lowest BCUT2D eigenvalue weighted by atomic mass is 10.0. The second-order valence-corrected chi connectivity index (χ2v) is 5.47. The molecule has 0 aliphatic heterocycles. The molecule has 0 radical (unpaired) electrons. The first-order chi connectivity index (χ1) is 10.3. The van der Waals surface area contributed by atoms with Gasteiger partial charge in [0.1, 0.15) is 0 Å². The molecule has 0 atom stereocenters. The molecule has 0 aliphatic rings. The van der Waals surface area contributed by atoms with Crippen molar-refractivity contribution in [3.63, 3.8) is 0 Å². The van der Waals surface area contributed by atoms with E-state index in [9.17, 15) is 0 Å². The maximum absolute atomic E-state index is 2.34. The van der Waals surface area contributed by atoms with Crippen LogP contribution < -0.4 is 21.5 Å². The Labute approximate surface area is 143 Å². The fraction of sp³-hybridized carbons (Fsp3) is 0.150. The van der Waals surface area contributed by atoms with E-state index in [4.69, 9.17) is 0 Å². The number of hydrogen-bond acceptors (Lipinski definition) is 0. The monoisotopic (exact) mass is 353 g/mol. The lowest BCUT2D eigenvalue weighted by molar-refractivity contribution is -0.677. The van der Waals surface area contributed by atoms with Gasteiger partial charge >= 0.3 is 0 Å². The Morgan fingerprint density at radius 3 is 2.09 bits per heavy atom. The van der Waals surface area contributed by atoms with Gasteiger partial charge in [0, 0.05) is 22.8 Å². The molecule has 0 spiro atoms. The average molecular weight is 354 g/mol. The molecule has 22 heavy (non-hydrogen) atoms. The van der Waals surface area contributed by atoms with E-state index in [0.29, 0.717) is 0 Å². The topological polar surface area (TPSA) is 3.88 Å². The summed E-state index contributed by atoms with van der Waals surface area (Å²) in [7, 11) is 0. The summed E-state index contributed by atoms with van der Waals surface area (Å²) in [5, 5.41) is 0. The Morgan fingerprint density at radius 1 is 0.727 bits per heavy atom. The maximum Gasteiger partial charge on any atom is 0.215 e. The Balaban J connectivity index is 0.00000176. The van der Waals surface area contributed by atoms with Crippen LogP contribution in [0.1, 0.15) is 16.7 Å². The van der Waals surface area contributed by atoms with Crippen molar-refractivity contribution in [1.29, 1.82) is 0 Å². The van der Waals surface area contributed by atoms with Gasteiger partial charge in [0.15, 0.2) is 12.7 Å². The van der Waals surface area contributed by atoms with Crippen LogP contribution in [-0.2, 0) is 6.54 Å². The maximum atomic E-state index is 2.34. The number of hydrogen-bond donors (Lipinski definition) is 0. The lowest BCUT2D eigenvalue weighted by Gasteiger charge is -2.09. The Morgan fingerprint density at radius 2 is 1.36 bits per heavy atom. The first kappa shape index (κ1) is 16.4. The quantitative estimate of drug-likeness (QED) is 0.625. The molecule has 0 amide bonds. The third-order valence-corrected chi connectivity index (χ3v) is 3.87. The molecule has 1 aromatic heterocycles. The van der Waals surface area contributed by atoms with E-state index in [-0.39, 0.29) is 17.0 Å². The van der Waals surface area contributed by atoms with E-state index in [1.807, 2.05) is 0 Å². The summed E-state index contributed by atoms with van der Waals surface area (Å²) in [4.78, 5) is 0. The smallest absolute Gasteiger partial charge is 0.215 e. The highest BCUT2D eigenvalue weighted by molar-refractivity contribution is 5.63. The minimum atomic E-state index is 0. The van der Waals surface area contributed by atoms with Crippen LogP contribution in [0.2, 0.25) is 0 Å². The fourth-order valence-corrected chi connectivity index (χ4v) is 2.79. The molecule has 2 aromatic carbocycles. The highest BCUT2D eigenvalue weighted by Gasteiger charge is 2.17. The largest absolute Gasteiger partial charge is 1.00 e. The van der Waals surface area contributed by atoms with Gasteiger partial charge in [-0.05, 0) is 31.5 Å².